The average molecular weight is 257 g/mol. The summed E-state index contributed by atoms with van der Waals surface area (Å²) in [5.74, 6) is 1.67. The van der Waals surface area contributed by atoms with E-state index in [0.717, 1.165) is 17.2 Å². The van der Waals surface area contributed by atoms with E-state index in [1.807, 2.05) is 43.3 Å². The molecule has 3 rings (SSSR count). The number of hydrogen-bond donors (Lipinski definition) is 0. The van der Waals surface area contributed by atoms with Crippen LogP contribution < -0.4 is 9.64 Å². The van der Waals surface area contributed by atoms with E-state index in [-0.39, 0.29) is 17.9 Å². The Labute approximate surface area is 111 Å². The van der Waals surface area contributed by atoms with Crippen molar-refractivity contribution in [1.82, 2.24) is 0 Å². The summed E-state index contributed by atoms with van der Waals surface area (Å²) >= 11 is 0. The topological polar surface area (TPSA) is 42.7 Å². The molecule has 0 saturated carbocycles. The normalized spacial score (nSPS) is 22.2. The third-order valence-corrected chi connectivity index (χ3v) is 3.56. The molecule has 0 aliphatic carbocycles. The van der Waals surface area contributed by atoms with Gasteiger partial charge in [0.15, 0.2) is 0 Å². The van der Waals surface area contributed by atoms with Crippen molar-refractivity contribution in [3.8, 4) is 5.75 Å². The Kier molecular flexibility index (Phi) is 2.78. The van der Waals surface area contributed by atoms with Gasteiger partial charge < -0.3 is 14.1 Å². The number of amides is 1. The smallest absolute Gasteiger partial charge is 0.233 e. The van der Waals surface area contributed by atoms with Crippen molar-refractivity contribution < 1.29 is 13.9 Å². The van der Waals surface area contributed by atoms with E-state index < -0.39 is 0 Å². The molecule has 1 aromatic heterocycles. The molecular formula is C15H15NO3. The molecular weight excluding hydrogens is 242 g/mol. The molecule has 2 heterocycles. The van der Waals surface area contributed by atoms with Crippen LogP contribution in [0.3, 0.4) is 0 Å². The average Bonchev–Trinajstić information content (AvgIpc) is 2.97. The number of β-lactam (4-membered cyclic amide) rings is 1. The summed E-state index contributed by atoms with van der Waals surface area (Å²) in [5.41, 5.74) is 0.866. The van der Waals surface area contributed by atoms with E-state index in [2.05, 4.69) is 0 Å². The lowest BCUT2D eigenvalue weighted by atomic mass is 9.86. The molecule has 4 heteroatoms. The first kappa shape index (κ1) is 11.8. The van der Waals surface area contributed by atoms with Gasteiger partial charge in [0.2, 0.25) is 5.91 Å². The SMILES string of the molecule is COc1ccc(N2C(=O)[C@H](C)[C@@H]2c2ccco2)cc1. The van der Waals surface area contributed by atoms with Crippen LogP contribution in [0.4, 0.5) is 5.69 Å². The molecule has 2 aromatic rings. The van der Waals surface area contributed by atoms with Gasteiger partial charge in [0.05, 0.1) is 19.3 Å². The van der Waals surface area contributed by atoms with Gasteiger partial charge in [0.1, 0.15) is 17.6 Å². The molecule has 0 radical (unpaired) electrons. The zero-order chi connectivity index (χ0) is 13.4. The molecule has 0 bridgehead atoms. The quantitative estimate of drug-likeness (QED) is 0.794. The Morgan fingerprint density at radius 1 is 1.21 bits per heavy atom. The van der Waals surface area contributed by atoms with Gasteiger partial charge in [-0.05, 0) is 36.4 Å². The summed E-state index contributed by atoms with van der Waals surface area (Å²) in [7, 11) is 1.62. The Bertz CT molecular complexity index is 574. The second-order valence-corrected chi connectivity index (χ2v) is 4.66. The molecule has 1 aliphatic heterocycles. The lowest BCUT2D eigenvalue weighted by Crippen LogP contribution is -2.53. The highest BCUT2D eigenvalue weighted by Gasteiger charge is 2.47. The second kappa shape index (κ2) is 4.46. The third kappa shape index (κ3) is 1.80. The van der Waals surface area contributed by atoms with Gasteiger partial charge in [0, 0.05) is 5.69 Å². The molecule has 98 valence electrons. The van der Waals surface area contributed by atoms with Crippen molar-refractivity contribution in [2.45, 2.75) is 13.0 Å². The molecule has 1 saturated heterocycles. The monoisotopic (exact) mass is 257 g/mol. The van der Waals surface area contributed by atoms with Crippen LogP contribution >= 0.6 is 0 Å². The fourth-order valence-electron chi connectivity index (χ4n) is 2.50. The summed E-state index contributed by atoms with van der Waals surface area (Å²) in [6, 6.07) is 11.2. The van der Waals surface area contributed by atoms with E-state index in [1.165, 1.54) is 0 Å². The highest BCUT2D eigenvalue weighted by atomic mass is 16.5. The third-order valence-electron chi connectivity index (χ3n) is 3.56. The minimum Gasteiger partial charge on any atom is -0.497 e. The molecule has 19 heavy (non-hydrogen) atoms. The first-order chi connectivity index (χ1) is 9.22. The summed E-state index contributed by atoms with van der Waals surface area (Å²) in [6.45, 7) is 1.93. The maximum absolute atomic E-state index is 12.1. The summed E-state index contributed by atoms with van der Waals surface area (Å²) in [5, 5.41) is 0. The number of nitrogens with zero attached hydrogens (tertiary/aromatic N) is 1. The van der Waals surface area contributed by atoms with E-state index in [0.29, 0.717) is 0 Å². The van der Waals surface area contributed by atoms with Crippen molar-refractivity contribution in [3.05, 3.63) is 48.4 Å². The molecule has 0 spiro atoms. The lowest BCUT2D eigenvalue weighted by Gasteiger charge is -2.44. The van der Waals surface area contributed by atoms with Crippen LogP contribution in [0.5, 0.6) is 5.75 Å². The lowest BCUT2D eigenvalue weighted by molar-refractivity contribution is -0.130. The van der Waals surface area contributed by atoms with Crippen LogP contribution in [0.1, 0.15) is 18.7 Å². The van der Waals surface area contributed by atoms with Gasteiger partial charge >= 0.3 is 0 Å². The molecule has 0 N–H and O–H groups in total. The van der Waals surface area contributed by atoms with E-state index in [1.54, 1.807) is 18.3 Å². The fourth-order valence-corrected chi connectivity index (χ4v) is 2.50. The number of hydrogen-bond acceptors (Lipinski definition) is 3. The van der Waals surface area contributed by atoms with E-state index in [9.17, 15) is 4.79 Å². The predicted octanol–water partition coefficient (Wildman–Crippen LogP) is 3.01. The number of benzene rings is 1. The zero-order valence-electron chi connectivity index (χ0n) is 10.9. The fraction of sp³-hybridized carbons (Fsp3) is 0.267. The highest BCUT2D eigenvalue weighted by Crippen LogP contribution is 2.43. The maximum Gasteiger partial charge on any atom is 0.233 e. The van der Waals surface area contributed by atoms with Crippen LogP contribution in [0.15, 0.2) is 47.1 Å². The van der Waals surface area contributed by atoms with Crippen molar-refractivity contribution in [2.24, 2.45) is 5.92 Å². The number of carbonyl (C=O) groups is 1. The van der Waals surface area contributed by atoms with Crippen LogP contribution in [-0.4, -0.2) is 13.0 Å². The Morgan fingerprint density at radius 2 is 1.95 bits per heavy atom. The molecule has 1 fully saturated rings. The van der Waals surface area contributed by atoms with Crippen molar-refractivity contribution in [2.75, 3.05) is 12.0 Å². The number of rotatable bonds is 3. The van der Waals surface area contributed by atoms with Crippen molar-refractivity contribution in [1.29, 1.82) is 0 Å². The maximum atomic E-state index is 12.1. The second-order valence-electron chi connectivity index (χ2n) is 4.66. The predicted molar refractivity (Wildman–Crippen MR) is 71.1 cm³/mol. The van der Waals surface area contributed by atoms with Crippen LogP contribution in [0, 0.1) is 5.92 Å². The van der Waals surface area contributed by atoms with Gasteiger partial charge in [-0.25, -0.2) is 0 Å². The number of ether oxygens (including phenoxy) is 1. The van der Waals surface area contributed by atoms with Crippen molar-refractivity contribution >= 4 is 11.6 Å². The molecule has 2 atom stereocenters. The number of methoxy groups -OCH3 is 1. The number of anilines is 1. The highest BCUT2D eigenvalue weighted by molar-refractivity contribution is 6.02. The minimum absolute atomic E-state index is 0.0177. The summed E-state index contributed by atoms with van der Waals surface area (Å²) in [4.78, 5) is 13.8. The van der Waals surface area contributed by atoms with Crippen LogP contribution in [0.25, 0.3) is 0 Å². The van der Waals surface area contributed by atoms with E-state index in [4.69, 9.17) is 9.15 Å². The minimum atomic E-state index is -0.0479. The van der Waals surface area contributed by atoms with E-state index >= 15 is 0 Å². The molecule has 1 aliphatic rings. The molecule has 0 unspecified atom stereocenters. The first-order valence-corrected chi connectivity index (χ1v) is 6.23. The number of furan rings is 1. The number of carbonyl (C=O) groups excluding carboxylic acids is 1. The summed E-state index contributed by atoms with van der Waals surface area (Å²) < 4.78 is 10.6. The summed E-state index contributed by atoms with van der Waals surface area (Å²) in [6.07, 6.45) is 1.64. The van der Waals surface area contributed by atoms with Gasteiger partial charge in [-0.15, -0.1) is 0 Å². The van der Waals surface area contributed by atoms with Crippen LogP contribution in [0.2, 0.25) is 0 Å². The Balaban J connectivity index is 1.91. The van der Waals surface area contributed by atoms with Crippen LogP contribution in [-0.2, 0) is 4.79 Å². The van der Waals surface area contributed by atoms with Gasteiger partial charge in [-0.1, -0.05) is 6.92 Å². The van der Waals surface area contributed by atoms with Crippen molar-refractivity contribution in [3.63, 3.8) is 0 Å². The molecule has 1 amide bonds. The molecule has 4 nitrogen and oxygen atoms in total. The standard InChI is InChI=1S/C15H15NO3/c1-10-14(13-4-3-9-19-13)16(15(10)17)11-5-7-12(18-2)8-6-11/h3-10,14H,1-2H3/t10-,14-/m1/s1. The molecule has 1 aromatic carbocycles. The van der Waals surface area contributed by atoms with Gasteiger partial charge in [-0.3, -0.25) is 4.79 Å². The van der Waals surface area contributed by atoms with Gasteiger partial charge in [-0.2, -0.15) is 0 Å². The Hall–Kier alpha value is -2.23. The largest absolute Gasteiger partial charge is 0.497 e. The zero-order valence-corrected chi connectivity index (χ0v) is 10.9. The Morgan fingerprint density at radius 3 is 2.53 bits per heavy atom. The van der Waals surface area contributed by atoms with Gasteiger partial charge in [0.25, 0.3) is 0 Å². The first-order valence-electron chi connectivity index (χ1n) is 6.23.